The molecule has 2 atom stereocenters. The number of hydrogen-bond donors (Lipinski definition) is 2. The lowest BCUT2D eigenvalue weighted by atomic mass is 10.1. The summed E-state index contributed by atoms with van der Waals surface area (Å²) in [7, 11) is 0. The molecule has 0 bridgehead atoms. The van der Waals surface area contributed by atoms with Crippen molar-refractivity contribution in [3.05, 3.63) is 65.7 Å². The third-order valence-corrected chi connectivity index (χ3v) is 4.37. The van der Waals surface area contributed by atoms with Crippen molar-refractivity contribution in [3.8, 4) is 0 Å². The summed E-state index contributed by atoms with van der Waals surface area (Å²) in [6.07, 6.45) is -0.205. The third kappa shape index (κ3) is 4.33. The van der Waals surface area contributed by atoms with Gasteiger partial charge in [-0.2, -0.15) is 0 Å². The van der Waals surface area contributed by atoms with Gasteiger partial charge in [0.15, 0.2) is 0 Å². The zero-order chi connectivity index (χ0) is 17.8. The minimum absolute atomic E-state index is 0.0224. The summed E-state index contributed by atoms with van der Waals surface area (Å²) in [5, 5.41) is 13.0. The van der Waals surface area contributed by atoms with Gasteiger partial charge in [-0.3, -0.25) is 4.79 Å². The molecule has 2 aromatic rings. The Kier molecular flexibility index (Phi) is 5.28. The average molecular weight is 346 g/mol. The van der Waals surface area contributed by atoms with Gasteiger partial charge in [0.1, 0.15) is 11.6 Å². The van der Waals surface area contributed by atoms with Crippen LogP contribution in [0.3, 0.4) is 0 Å². The molecule has 1 amide bonds. The zero-order valence-electron chi connectivity index (χ0n) is 13.7. The van der Waals surface area contributed by atoms with Gasteiger partial charge in [-0.1, -0.05) is 30.3 Å². The van der Waals surface area contributed by atoms with E-state index in [9.17, 15) is 18.7 Å². The van der Waals surface area contributed by atoms with Gasteiger partial charge in [-0.15, -0.1) is 0 Å². The summed E-state index contributed by atoms with van der Waals surface area (Å²) in [6, 6.07) is 12.4. The normalized spacial score (nSPS) is 18.2. The van der Waals surface area contributed by atoms with Crippen molar-refractivity contribution in [1.29, 1.82) is 0 Å². The molecule has 1 fully saturated rings. The number of halogens is 2. The number of rotatable bonds is 5. The predicted octanol–water partition coefficient (Wildman–Crippen LogP) is 2.78. The van der Waals surface area contributed by atoms with Gasteiger partial charge in [0.2, 0.25) is 5.91 Å². The molecule has 0 unspecified atom stereocenters. The van der Waals surface area contributed by atoms with Crippen LogP contribution in [0.15, 0.2) is 48.5 Å². The van der Waals surface area contributed by atoms with E-state index in [4.69, 9.17) is 0 Å². The monoisotopic (exact) mass is 346 g/mol. The van der Waals surface area contributed by atoms with E-state index >= 15 is 0 Å². The van der Waals surface area contributed by atoms with Crippen molar-refractivity contribution in [3.63, 3.8) is 0 Å². The molecule has 2 N–H and O–H groups in total. The Morgan fingerprint density at radius 1 is 1.24 bits per heavy atom. The molecule has 0 radical (unpaired) electrons. The molecule has 1 heterocycles. The van der Waals surface area contributed by atoms with E-state index < -0.39 is 17.7 Å². The number of carbonyl (C=O) groups excluding carboxylic acids is 1. The highest BCUT2D eigenvalue weighted by Crippen LogP contribution is 2.24. The van der Waals surface area contributed by atoms with Crippen LogP contribution in [0.2, 0.25) is 0 Å². The van der Waals surface area contributed by atoms with Crippen LogP contribution in [0.4, 0.5) is 14.5 Å². The van der Waals surface area contributed by atoms with Crippen LogP contribution in [0.25, 0.3) is 0 Å². The van der Waals surface area contributed by atoms with Gasteiger partial charge < -0.3 is 15.3 Å². The summed E-state index contributed by atoms with van der Waals surface area (Å²) in [6.45, 7) is 1.03. The van der Waals surface area contributed by atoms with E-state index in [-0.39, 0.29) is 18.4 Å². The van der Waals surface area contributed by atoms with Gasteiger partial charge in [0.05, 0.1) is 18.2 Å². The molecule has 1 saturated heterocycles. The van der Waals surface area contributed by atoms with E-state index in [0.717, 1.165) is 6.07 Å². The topological polar surface area (TPSA) is 52.6 Å². The SMILES string of the molecule is O=C(C[C@@H](O)c1ccccc1)N[C@@H]1CCN(c2ccc(F)cc2F)C1. The van der Waals surface area contributed by atoms with Crippen LogP contribution >= 0.6 is 0 Å². The van der Waals surface area contributed by atoms with Crippen LogP contribution in [0.5, 0.6) is 0 Å². The number of benzene rings is 2. The smallest absolute Gasteiger partial charge is 0.223 e. The highest BCUT2D eigenvalue weighted by Gasteiger charge is 2.26. The fourth-order valence-electron chi connectivity index (χ4n) is 3.09. The summed E-state index contributed by atoms with van der Waals surface area (Å²) < 4.78 is 26.9. The van der Waals surface area contributed by atoms with Gasteiger partial charge >= 0.3 is 0 Å². The number of nitrogens with one attached hydrogen (secondary N) is 1. The number of amides is 1. The van der Waals surface area contributed by atoms with Crippen molar-refractivity contribution >= 4 is 11.6 Å². The summed E-state index contributed by atoms with van der Waals surface area (Å²) in [5.41, 5.74) is 1.03. The predicted molar refractivity (Wildman–Crippen MR) is 91.1 cm³/mol. The molecule has 2 aromatic carbocycles. The van der Waals surface area contributed by atoms with E-state index in [0.29, 0.717) is 30.8 Å². The van der Waals surface area contributed by atoms with Crippen LogP contribution in [-0.4, -0.2) is 30.1 Å². The molecule has 4 nitrogen and oxygen atoms in total. The quantitative estimate of drug-likeness (QED) is 0.875. The lowest BCUT2D eigenvalue weighted by Gasteiger charge is -2.20. The Morgan fingerprint density at radius 3 is 2.72 bits per heavy atom. The second-order valence-electron chi connectivity index (χ2n) is 6.23. The number of nitrogens with zero attached hydrogens (tertiary/aromatic N) is 1. The molecule has 1 aliphatic rings. The standard InChI is InChI=1S/C19H20F2N2O2/c20-14-6-7-17(16(21)10-14)23-9-8-15(12-23)22-19(25)11-18(24)13-4-2-1-3-5-13/h1-7,10,15,18,24H,8-9,11-12H2,(H,22,25)/t15-,18-/m1/s1. The summed E-state index contributed by atoms with van der Waals surface area (Å²) >= 11 is 0. The number of hydrogen-bond acceptors (Lipinski definition) is 3. The Balaban J connectivity index is 1.53. The fourth-order valence-corrected chi connectivity index (χ4v) is 3.09. The fraction of sp³-hybridized carbons (Fsp3) is 0.316. The maximum atomic E-state index is 13.8. The van der Waals surface area contributed by atoms with Gasteiger partial charge in [0, 0.05) is 25.2 Å². The molecule has 132 valence electrons. The Bertz CT molecular complexity index is 739. The maximum absolute atomic E-state index is 13.8. The molecule has 0 spiro atoms. The lowest BCUT2D eigenvalue weighted by Crippen LogP contribution is -2.37. The van der Waals surface area contributed by atoms with Gasteiger partial charge in [-0.05, 0) is 24.1 Å². The Morgan fingerprint density at radius 2 is 2.00 bits per heavy atom. The molecule has 0 aliphatic carbocycles. The van der Waals surface area contributed by atoms with Gasteiger partial charge in [0.25, 0.3) is 0 Å². The lowest BCUT2D eigenvalue weighted by molar-refractivity contribution is -0.123. The molecular formula is C19H20F2N2O2. The van der Waals surface area contributed by atoms with Crippen molar-refractivity contribution in [2.45, 2.75) is 25.0 Å². The Hall–Kier alpha value is -2.47. The van der Waals surface area contributed by atoms with Gasteiger partial charge in [-0.25, -0.2) is 8.78 Å². The molecule has 6 heteroatoms. The Labute approximate surface area is 145 Å². The third-order valence-electron chi connectivity index (χ3n) is 4.37. The summed E-state index contributed by atoms with van der Waals surface area (Å²) in [5.74, 6) is -1.46. The highest BCUT2D eigenvalue weighted by atomic mass is 19.1. The minimum Gasteiger partial charge on any atom is -0.388 e. The maximum Gasteiger partial charge on any atom is 0.223 e. The van der Waals surface area contributed by atoms with Crippen LogP contribution in [0.1, 0.15) is 24.5 Å². The second-order valence-corrected chi connectivity index (χ2v) is 6.23. The largest absolute Gasteiger partial charge is 0.388 e. The van der Waals surface area contributed by atoms with E-state index in [1.807, 2.05) is 18.2 Å². The average Bonchev–Trinajstić information content (AvgIpc) is 3.03. The van der Waals surface area contributed by atoms with E-state index in [1.54, 1.807) is 17.0 Å². The van der Waals surface area contributed by atoms with Crippen LogP contribution in [-0.2, 0) is 4.79 Å². The molecule has 0 saturated carbocycles. The number of anilines is 1. The van der Waals surface area contributed by atoms with Crippen LogP contribution in [0, 0.1) is 11.6 Å². The molecule has 25 heavy (non-hydrogen) atoms. The first-order valence-corrected chi connectivity index (χ1v) is 8.25. The van der Waals surface area contributed by atoms with Crippen molar-refractivity contribution in [2.75, 3.05) is 18.0 Å². The van der Waals surface area contributed by atoms with Crippen LogP contribution < -0.4 is 10.2 Å². The molecule has 3 rings (SSSR count). The van der Waals surface area contributed by atoms with Crippen molar-refractivity contribution < 1.29 is 18.7 Å². The van der Waals surface area contributed by atoms with E-state index in [2.05, 4.69) is 5.32 Å². The molecular weight excluding hydrogens is 326 g/mol. The molecule has 0 aromatic heterocycles. The zero-order valence-corrected chi connectivity index (χ0v) is 13.7. The highest BCUT2D eigenvalue weighted by molar-refractivity contribution is 5.77. The molecule has 1 aliphatic heterocycles. The minimum atomic E-state index is -0.853. The van der Waals surface area contributed by atoms with Crippen molar-refractivity contribution in [2.24, 2.45) is 0 Å². The summed E-state index contributed by atoms with van der Waals surface area (Å²) in [4.78, 5) is 13.9. The first-order chi connectivity index (χ1) is 12.0. The van der Waals surface area contributed by atoms with Crippen molar-refractivity contribution in [1.82, 2.24) is 5.32 Å². The first kappa shape index (κ1) is 17.4. The number of aliphatic hydroxyl groups is 1. The number of carbonyl (C=O) groups is 1. The van der Waals surface area contributed by atoms with E-state index in [1.165, 1.54) is 12.1 Å². The number of aliphatic hydroxyl groups excluding tert-OH is 1. The second kappa shape index (κ2) is 7.61. The first-order valence-electron chi connectivity index (χ1n) is 8.25.